The molecule has 1 N–H and O–H groups in total. The molecule has 142 valence electrons. The van der Waals surface area contributed by atoms with Crippen molar-refractivity contribution in [2.75, 3.05) is 17.1 Å². The van der Waals surface area contributed by atoms with Crippen LogP contribution in [-0.4, -0.2) is 33.2 Å². The number of carbonyl (C=O) groups excluding carboxylic acids is 1. The van der Waals surface area contributed by atoms with Gasteiger partial charge in [0.2, 0.25) is 15.9 Å². The first-order chi connectivity index (χ1) is 11.4. The Bertz CT molecular complexity index is 723. The summed E-state index contributed by atoms with van der Waals surface area (Å²) >= 11 is 5.54. The third-order valence-corrected chi connectivity index (χ3v) is 4.83. The van der Waals surface area contributed by atoms with E-state index in [2.05, 4.69) is 5.32 Å². The molecular formula is C15H20ClF3N2O3S. The molecule has 1 aromatic rings. The Kier molecular flexibility index (Phi) is 7.13. The van der Waals surface area contributed by atoms with Crippen LogP contribution in [0.1, 0.15) is 32.3 Å². The predicted octanol–water partition coefficient (Wildman–Crippen LogP) is 3.43. The Morgan fingerprint density at radius 2 is 1.96 bits per heavy atom. The minimum Gasteiger partial charge on any atom is -0.352 e. The third kappa shape index (κ3) is 6.39. The van der Waals surface area contributed by atoms with Gasteiger partial charge in [-0.1, -0.05) is 24.9 Å². The Labute approximate surface area is 150 Å². The number of carbonyl (C=O) groups is 1. The fraction of sp³-hybridized carbons (Fsp3) is 0.533. The molecule has 0 bridgehead atoms. The van der Waals surface area contributed by atoms with E-state index in [0.29, 0.717) is 16.8 Å². The molecule has 0 aliphatic heterocycles. The highest BCUT2D eigenvalue weighted by Gasteiger charge is 2.34. The lowest BCUT2D eigenvalue weighted by molar-refractivity contribution is -0.137. The average molecular weight is 401 g/mol. The van der Waals surface area contributed by atoms with Crippen LogP contribution in [0.2, 0.25) is 5.02 Å². The second kappa shape index (κ2) is 8.27. The van der Waals surface area contributed by atoms with Crippen molar-refractivity contribution < 1.29 is 26.4 Å². The molecule has 5 nitrogen and oxygen atoms in total. The molecule has 1 rings (SSSR count). The molecule has 0 radical (unpaired) electrons. The van der Waals surface area contributed by atoms with Crippen molar-refractivity contribution in [3.63, 3.8) is 0 Å². The summed E-state index contributed by atoms with van der Waals surface area (Å²) in [5.74, 6) is -0.602. The number of amides is 1. The highest BCUT2D eigenvalue weighted by atomic mass is 35.5. The van der Waals surface area contributed by atoms with Gasteiger partial charge in [0.05, 0.1) is 22.5 Å². The van der Waals surface area contributed by atoms with Gasteiger partial charge in [-0.05, 0) is 31.5 Å². The average Bonchev–Trinajstić information content (AvgIpc) is 2.43. The van der Waals surface area contributed by atoms with Gasteiger partial charge in [0.15, 0.2) is 0 Å². The van der Waals surface area contributed by atoms with E-state index in [1.54, 1.807) is 6.92 Å². The highest BCUT2D eigenvalue weighted by molar-refractivity contribution is 7.92. The van der Waals surface area contributed by atoms with E-state index in [4.69, 9.17) is 11.6 Å². The smallest absolute Gasteiger partial charge is 0.352 e. The molecule has 0 spiro atoms. The van der Waals surface area contributed by atoms with Gasteiger partial charge < -0.3 is 5.32 Å². The van der Waals surface area contributed by atoms with E-state index in [-0.39, 0.29) is 11.7 Å². The molecule has 0 heterocycles. The van der Waals surface area contributed by atoms with E-state index in [9.17, 15) is 26.4 Å². The monoisotopic (exact) mass is 400 g/mol. The van der Waals surface area contributed by atoms with Crippen molar-refractivity contribution in [3.05, 3.63) is 28.8 Å². The van der Waals surface area contributed by atoms with Crippen molar-refractivity contribution in [1.29, 1.82) is 0 Å². The third-order valence-electron chi connectivity index (χ3n) is 3.36. The number of hydrogen-bond donors (Lipinski definition) is 1. The van der Waals surface area contributed by atoms with Gasteiger partial charge in [0.25, 0.3) is 0 Å². The first-order valence-electron chi connectivity index (χ1n) is 7.50. The number of hydrogen-bond acceptors (Lipinski definition) is 3. The van der Waals surface area contributed by atoms with E-state index in [1.807, 2.05) is 6.92 Å². The standard InChI is InChI=1S/C15H20ClF3N2O3S/c1-4-5-10(2)20-14(22)9-21(25(3,23)24)11-6-7-13(16)12(8-11)15(17,18)19/h6-8,10H,4-5,9H2,1-3H3,(H,20,22)/t10-/m0/s1. The van der Waals surface area contributed by atoms with Gasteiger partial charge in [-0.2, -0.15) is 13.2 Å². The van der Waals surface area contributed by atoms with Crippen molar-refractivity contribution in [3.8, 4) is 0 Å². The second-order valence-corrected chi connectivity index (χ2v) is 8.00. The molecule has 10 heteroatoms. The van der Waals surface area contributed by atoms with Gasteiger partial charge in [-0.15, -0.1) is 0 Å². The molecule has 1 atom stereocenters. The molecule has 0 saturated heterocycles. The zero-order chi connectivity index (χ0) is 19.4. The van der Waals surface area contributed by atoms with E-state index in [1.165, 1.54) is 0 Å². The lowest BCUT2D eigenvalue weighted by Crippen LogP contribution is -2.43. The summed E-state index contributed by atoms with van der Waals surface area (Å²) in [5, 5.41) is 2.07. The summed E-state index contributed by atoms with van der Waals surface area (Å²) in [4.78, 5) is 12.0. The van der Waals surface area contributed by atoms with Gasteiger partial charge in [-0.3, -0.25) is 9.10 Å². The quantitative estimate of drug-likeness (QED) is 0.762. The van der Waals surface area contributed by atoms with Gasteiger partial charge in [-0.25, -0.2) is 8.42 Å². The molecule has 0 fully saturated rings. The van der Waals surface area contributed by atoms with E-state index >= 15 is 0 Å². The van der Waals surface area contributed by atoms with E-state index < -0.39 is 39.2 Å². The van der Waals surface area contributed by atoms with Crippen LogP contribution in [0.25, 0.3) is 0 Å². The number of alkyl halides is 3. The minimum atomic E-state index is -4.74. The molecule has 25 heavy (non-hydrogen) atoms. The topological polar surface area (TPSA) is 66.5 Å². The summed E-state index contributed by atoms with van der Waals surface area (Å²) in [6.07, 6.45) is -2.40. The van der Waals surface area contributed by atoms with Crippen LogP contribution in [0, 0.1) is 0 Å². The van der Waals surface area contributed by atoms with Crippen LogP contribution in [0.5, 0.6) is 0 Å². The van der Waals surface area contributed by atoms with E-state index in [0.717, 1.165) is 24.8 Å². The molecule has 0 aliphatic rings. The zero-order valence-electron chi connectivity index (χ0n) is 14.0. The SMILES string of the molecule is CCC[C@H](C)NC(=O)CN(c1ccc(Cl)c(C(F)(F)F)c1)S(C)(=O)=O. The van der Waals surface area contributed by atoms with Gasteiger partial charge >= 0.3 is 6.18 Å². The highest BCUT2D eigenvalue weighted by Crippen LogP contribution is 2.37. The van der Waals surface area contributed by atoms with Crippen LogP contribution in [0.3, 0.4) is 0 Å². The molecule has 1 amide bonds. The van der Waals surface area contributed by atoms with Crippen molar-refractivity contribution in [1.82, 2.24) is 5.32 Å². The molecule has 1 aromatic carbocycles. The number of nitrogens with one attached hydrogen (secondary N) is 1. The predicted molar refractivity (Wildman–Crippen MR) is 91.2 cm³/mol. The Morgan fingerprint density at radius 1 is 1.36 bits per heavy atom. The van der Waals surface area contributed by atoms with Crippen LogP contribution in [-0.2, 0) is 21.0 Å². The summed E-state index contributed by atoms with van der Waals surface area (Å²) < 4.78 is 63.5. The van der Waals surface area contributed by atoms with Crippen LogP contribution < -0.4 is 9.62 Å². The summed E-state index contributed by atoms with van der Waals surface area (Å²) in [6, 6.07) is 2.53. The number of nitrogens with zero attached hydrogens (tertiary/aromatic N) is 1. The molecule has 0 aromatic heterocycles. The number of halogens is 4. The Balaban J connectivity index is 3.15. The molecule has 0 aliphatic carbocycles. The number of anilines is 1. The molecule has 0 unspecified atom stereocenters. The van der Waals surface area contributed by atoms with Crippen molar-refractivity contribution in [2.45, 2.75) is 38.9 Å². The van der Waals surface area contributed by atoms with Gasteiger partial charge in [0.1, 0.15) is 6.54 Å². The maximum Gasteiger partial charge on any atom is 0.417 e. The summed E-state index contributed by atoms with van der Waals surface area (Å²) in [5.41, 5.74) is -1.45. The van der Waals surface area contributed by atoms with Crippen LogP contribution in [0.4, 0.5) is 18.9 Å². The zero-order valence-corrected chi connectivity index (χ0v) is 15.6. The lowest BCUT2D eigenvalue weighted by atomic mass is 10.2. The fourth-order valence-electron chi connectivity index (χ4n) is 2.24. The first kappa shape index (κ1) is 21.6. The normalized spacial score (nSPS) is 13.4. The fourth-order valence-corrected chi connectivity index (χ4v) is 3.31. The van der Waals surface area contributed by atoms with Crippen molar-refractivity contribution >= 4 is 33.2 Å². The maximum absolute atomic E-state index is 13.0. The summed E-state index contributed by atoms with van der Waals surface area (Å²) in [6.45, 7) is 3.07. The largest absolute Gasteiger partial charge is 0.417 e. The van der Waals surface area contributed by atoms with Crippen molar-refractivity contribution in [2.24, 2.45) is 0 Å². The summed E-state index contributed by atoms with van der Waals surface area (Å²) in [7, 11) is -3.97. The number of sulfonamides is 1. The lowest BCUT2D eigenvalue weighted by Gasteiger charge is -2.24. The van der Waals surface area contributed by atoms with Crippen LogP contribution in [0.15, 0.2) is 18.2 Å². The van der Waals surface area contributed by atoms with Gasteiger partial charge in [0, 0.05) is 6.04 Å². The molecule has 0 saturated carbocycles. The Morgan fingerprint density at radius 3 is 2.44 bits per heavy atom. The minimum absolute atomic E-state index is 0.171. The van der Waals surface area contributed by atoms with Crippen LogP contribution >= 0.6 is 11.6 Å². The first-order valence-corrected chi connectivity index (χ1v) is 9.72. The maximum atomic E-state index is 13.0. The Hall–Kier alpha value is -1.48. The number of benzene rings is 1. The number of rotatable bonds is 7. The molecular weight excluding hydrogens is 381 g/mol. The second-order valence-electron chi connectivity index (χ2n) is 5.69.